The lowest BCUT2D eigenvalue weighted by atomic mass is 10.3. The SMILES string of the molecule is CCCn1cc(CNCc2cn[nH]c2)cn1. The highest BCUT2D eigenvalue weighted by Gasteiger charge is 1.98. The first-order valence-corrected chi connectivity index (χ1v) is 5.58. The molecule has 86 valence electrons. The lowest BCUT2D eigenvalue weighted by Crippen LogP contribution is -2.11. The molecule has 0 aromatic carbocycles. The van der Waals surface area contributed by atoms with E-state index in [1.165, 1.54) is 11.1 Å². The Bertz CT molecular complexity index is 404. The summed E-state index contributed by atoms with van der Waals surface area (Å²) in [4.78, 5) is 0. The van der Waals surface area contributed by atoms with E-state index < -0.39 is 0 Å². The van der Waals surface area contributed by atoms with Gasteiger partial charge < -0.3 is 5.32 Å². The van der Waals surface area contributed by atoms with Crippen molar-refractivity contribution in [3.8, 4) is 0 Å². The lowest BCUT2D eigenvalue weighted by Gasteiger charge is -1.99. The molecule has 0 fully saturated rings. The van der Waals surface area contributed by atoms with Crippen molar-refractivity contribution < 1.29 is 0 Å². The van der Waals surface area contributed by atoms with Crippen molar-refractivity contribution in [2.75, 3.05) is 0 Å². The number of nitrogens with one attached hydrogen (secondary N) is 2. The zero-order valence-corrected chi connectivity index (χ0v) is 9.48. The molecule has 0 aliphatic rings. The largest absolute Gasteiger partial charge is 0.308 e. The van der Waals surface area contributed by atoms with Crippen LogP contribution in [0.25, 0.3) is 0 Å². The van der Waals surface area contributed by atoms with Crippen LogP contribution in [0.5, 0.6) is 0 Å². The minimum Gasteiger partial charge on any atom is -0.308 e. The maximum atomic E-state index is 4.28. The smallest absolute Gasteiger partial charge is 0.0534 e. The molecular formula is C11H17N5. The number of hydrogen-bond acceptors (Lipinski definition) is 3. The summed E-state index contributed by atoms with van der Waals surface area (Å²) in [6.07, 6.45) is 8.84. The molecule has 2 aromatic heterocycles. The van der Waals surface area contributed by atoms with Gasteiger partial charge in [-0.1, -0.05) is 6.92 Å². The van der Waals surface area contributed by atoms with Crippen LogP contribution in [-0.4, -0.2) is 20.0 Å². The van der Waals surface area contributed by atoms with E-state index in [2.05, 4.69) is 33.7 Å². The molecule has 0 saturated heterocycles. The van der Waals surface area contributed by atoms with Gasteiger partial charge in [0.2, 0.25) is 0 Å². The van der Waals surface area contributed by atoms with Crippen LogP contribution >= 0.6 is 0 Å². The molecule has 0 unspecified atom stereocenters. The molecule has 0 aliphatic carbocycles. The summed E-state index contributed by atoms with van der Waals surface area (Å²) < 4.78 is 1.98. The molecule has 0 atom stereocenters. The summed E-state index contributed by atoms with van der Waals surface area (Å²) >= 11 is 0. The summed E-state index contributed by atoms with van der Waals surface area (Å²) in [6, 6.07) is 0. The van der Waals surface area contributed by atoms with Gasteiger partial charge in [0.1, 0.15) is 0 Å². The van der Waals surface area contributed by atoms with Gasteiger partial charge in [0, 0.05) is 43.2 Å². The first-order valence-electron chi connectivity index (χ1n) is 5.58. The number of rotatable bonds is 6. The number of nitrogens with zero attached hydrogens (tertiary/aromatic N) is 3. The van der Waals surface area contributed by atoms with Gasteiger partial charge in [-0.05, 0) is 6.42 Å². The average molecular weight is 219 g/mol. The molecule has 0 bridgehead atoms. The van der Waals surface area contributed by atoms with Crippen molar-refractivity contribution >= 4 is 0 Å². The summed E-state index contributed by atoms with van der Waals surface area (Å²) in [5, 5.41) is 14.3. The highest BCUT2D eigenvalue weighted by atomic mass is 15.3. The monoisotopic (exact) mass is 219 g/mol. The van der Waals surface area contributed by atoms with Gasteiger partial charge in [-0.25, -0.2) is 0 Å². The first-order chi connectivity index (χ1) is 7.88. The van der Waals surface area contributed by atoms with Crippen LogP contribution in [0.1, 0.15) is 24.5 Å². The van der Waals surface area contributed by atoms with Crippen molar-refractivity contribution in [2.24, 2.45) is 0 Å². The van der Waals surface area contributed by atoms with E-state index in [9.17, 15) is 0 Å². The topological polar surface area (TPSA) is 58.5 Å². The molecule has 16 heavy (non-hydrogen) atoms. The summed E-state index contributed by atoms with van der Waals surface area (Å²) in [5.41, 5.74) is 2.39. The second-order valence-corrected chi connectivity index (χ2v) is 3.82. The van der Waals surface area contributed by atoms with Crippen LogP contribution in [0.4, 0.5) is 0 Å². The maximum absolute atomic E-state index is 4.28. The van der Waals surface area contributed by atoms with Crippen LogP contribution in [0.15, 0.2) is 24.8 Å². The molecular weight excluding hydrogens is 202 g/mol. The molecule has 0 aliphatic heterocycles. The van der Waals surface area contributed by atoms with Crippen LogP contribution in [-0.2, 0) is 19.6 Å². The lowest BCUT2D eigenvalue weighted by molar-refractivity contribution is 0.601. The molecule has 0 saturated carbocycles. The van der Waals surface area contributed by atoms with Gasteiger partial charge in [-0.3, -0.25) is 9.78 Å². The standard InChI is InChI=1S/C11H17N5/c1-2-3-16-9-11(8-15-16)5-12-4-10-6-13-14-7-10/h6-9,12H,2-5H2,1H3,(H,13,14). The first kappa shape index (κ1) is 10.9. The van der Waals surface area contributed by atoms with E-state index in [0.29, 0.717) is 0 Å². The molecule has 2 aromatic rings. The zero-order chi connectivity index (χ0) is 11.2. The third kappa shape index (κ3) is 2.93. The molecule has 2 heterocycles. The fourth-order valence-electron chi connectivity index (χ4n) is 1.57. The molecule has 0 spiro atoms. The van der Waals surface area contributed by atoms with Gasteiger partial charge in [-0.15, -0.1) is 0 Å². The van der Waals surface area contributed by atoms with E-state index in [-0.39, 0.29) is 0 Å². The normalized spacial score (nSPS) is 10.8. The van der Waals surface area contributed by atoms with Crippen molar-refractivity contribution in [2.45, 2.75) is 33.0 Å². The van der Waals surface area contributed by atoms with Gasteiger partial charge in [0.05, 0.1) is 12.4 Å². The fraction of sp³-hybridized carbons (Fsp3) is 0.455. The Hall–Kier alpha value is -1.62. The summed E-state index contributed by atoms with van der Waals surface area (Å²) in [5.74, 6) is 0. The number of aromatic amines is 1. The highest BCUT2D eigenvalue weighted by molar-refractivity contribution is 5.05. The number of hydrogen-bond donors (Lipinski definition) is 2. The van der Waals surface area contributed by atoms with Gasteiger partial charge in [0.25, 0.3) is 0 Å². The average Bonchev–Trinajstić information content (AvgIpc) is 2.90. The quantitative estimate of drug-likeness (QED) is 0.770. The Morgan fingerprint density at radius 3 is 2.94 bits per heavy atom. The van der Waals surface area contributed by atoms with Crippen molar-refractivity contribution in [3.63, 3.8) is 0 Å². The maximum Gasteiger partial charge on any atom is 0.0534 e. The molecule has 5 nitrogen and oxygen atoms in total. The van der Waals surface area contributed by atoms with Crippen molar-refractivity contribution in [1.82, 2.24) is 25.3 Å². The van der Waals surface area contributed by atoms with Gasteiger partial charge in [0.15, 0.2) is 0 Å². The third-order valence-electron chi connectivity index (χ3n) is 2.35. The summed E-state index contributed by atoms with van der Waals surface area (Å²) in [6.45, 7) is 4.81. The molecule has 0 amide bonds. The molecule has 0 radical (unpaired) electrons. The minimum atomic E-state index is 0.829. The van der Waals surface area contributed by atoms with Crippen LogP contribution in [0, 0.1) is 0 Å². The molecule has 2 N–H and O–H groups in total. The fourth-order valence-corrected chi connectivity index (χ4v) is 1.57. The Morgan fingerprint density at radius 2 is 2.19 bits per heavy atom. The van der Waals surface area contributed by atoms with Gasteiger partial charge in [-0.2, -0.15) is 10.2 Å². The molecule has 5 heteroatoms. The highest BCUT2D eigenvalue weighted by Crippen LogP contribution is 1.99. The number of aryl methyl sites for hydroxylation is 1. The van der Waals surface area contributed by atoms with E-state index in [4.69, 9.17) is 0 Å². The molecule has 2 rings (SSSR count). The summed E-state index contributed by atoms with van der Waals surface area (Å²) in [7, 11) is 0. The number of H-pyrrole nitrogens is 1. The van der Waals surface area contributed by atoms with E-state index in [1.807, 2.05) is 23.3 Å². The Kier molecular flexibility index (Phi) is 3.71. The predicted molar refractivity (Wildman–Crippen MR) is 61.6 cm³/mol. The second kappa shape index (κ2) is 5.46. The van der Waals surface area contributed by atoms with Crippen LogP contribution in [0.3, 0.4) is 0 Å². The van der Waals surface area contributed by atoms with Crippen LogP contribution in [0.2, 0.25) is 0 Å². The third-order valence-corrected chi connectivity index (χ3v) is 2.35. The van der Waals surface area contributed by atoms with E-state index in [0.717, 1.165) is 26.1 Å². The van der Waals surface area contributed by atoms with Gasteiger partial charge >= 0.3 is 0 Å². The Morgan fingerprint density at radius 1 is 1.31 bits per heavy atom. The number of aromatic nitrogens is 4. The second-order valence-electron chi connectivity index (χ2n) is 3.82. The zero-order valence-electron chi connectivity index (χ0n) is 9.48. The predicted octanol–water partition coefficient (Wildman–Crippen LogP) is 1.31. The van der Waals surface area contributed by atoms with E-state index in [1.54, 1.807) is 0 Å². The van der Waals surface area contributed by atoms with E-state index >= 15 is 0 Å². The Balaban J connectivity index is 1.76. The van der Waals surface area contributed by atoms with Crippen LogP contribution < -0.4 is 5.32 Å². The van der Waals surface area contributed by atoms with Crippen molar-refractivity contribution in [3.05, 3.63) is 35.9 Å². The van der Waals surface area contributed by atoms with Crippen molar-refractivity contribution in [1.29, 1.82) is 0 Å². The Labute approximate surface area is 94.9 Å². The minimum absolute atomic E-state index is 0.829.